The van der Waals surface area contributed by atoms with E-state index in [2.05, 4.69) is 10.6 Å². The van der Waals surface area contributed by atoms with Crippen molar-refractivity contribution in [3.63, 3.8) is 0 Å². The lowest BCUT2D eigenvalue weighted by Crippen LogP contribution is -2.30. The van der Waals surface area contributed by atoms with E-state index in [4.69, 9.17) is 9.47 Å². The van der Waals surface area contributed by atoms with Crippen LogP contribution < -0.4 is 10.6 Å². The molecule has 34 heavy (non-hydrogen) atoms. The predicted molar refractivity (Wildman–Crippen MR) is 123 cm³/mol. The van der Waals surface area contributed by atoms with Crippen LogP contribution in [0.15, 0.2) is 72.1 Å². The van der Waals surface area contributed by atoms with Crippen molar-refractivity contribution in [3.8, 4) is 0 Å². The minimum absolute atomic E-state index is 0.151. The molecular formula is C25H24N2O7. The molecule has 2 aromatic rings. The molecule has 0 unspecified atom stereocenters. The number of amides is 2. The number of carbonyl (C=O) groups excluding carboxylic acids is 5. The van der Waals surface area contributed by atoms with E-state index in [0.29, 0.717) is 11.1 Å². The molecule has 0 saturated carbocycles. The summed E-state index contributed by atoms with van der Waals surface area (Å²) in [6.45, 7) is 1.09. The maximum absolute atomic E-state index is 12.3. The van der Waals surface area contributed by atoms with E-state index in [1.165, 1.54) is 26.0 Å². The first-order valence-corrected chi connectivity index (χ1v) is 10.2. The van der Waals surface area contributed by atoms with E-state index in [1.807, 2.05) is 0 Å². The predicted octanol–water partition coefficient (Wildman–Crippen LogP) is 2.00. The van der Waals surface area contributed by atoms with Gasteiger partial charge in [0.05, 0.1) is 0 Å². The highest BCUT2D eigenvalue weighted by molar-refractivity contribution is 6.00. The Morgan fingerprint density at radius 2 is 1.00 bits per heavy atom. The SMILES string of the molecule is CC(=O)N/C(=C\c1ccccc1)C(=O)OCC(=O)COC(=O)/C(=C/c1ccccc1)NC(C)=O. The van der Waals surface area contributed by atoms with E-state index in [0.717, 1.165) is 0 Å². The highest BCUT2D eigenvalue weighted by atomic mass is 16.6. The van der Waals surface area contributed by atoms with Crippen molar-refractivity contribution >= 4 is 41.7 Å². The average Bonchev–Trinajstić information content (AvgIpc) is 2.81. The van der Waals surface area contributed by atoms with Crippen molar-refractivity contribution in [3.05, 3.63) is 83.2 Å². The van der Waals surface area contributed by atoms with E-state index in [1.54, 1.807) is 60.7 Å². The van der Waals surface area contributed by atoms with Gasteiger partial charge in [0.25, 0.3) is 0 Å². The Hall–Kier alpha value is -4.53. The van der Waals surface area contributed by atoms with Crippen LogP contribution >= 0.6 is 0 Å². The monoisotopic (exact) mass is 464 g/mol. The molecule has 2 aromatic carbocycles. The fraction of sp³-hybridized carbons (Fsp3) is 0.160. The summed E-state index contributed by atoms with van der Waals surface area (Å²) in [4.78, 5) is 59.6. The molecular weight excluding hydrogens is 440 g/mol. The van der Waals surface area contributed by atoms with Gasteiger partial charge in [-0.05, 0) is 23.3 Å². The zero-order valence-corrected chi connectivity index (χ0v) is 18.7. The second-order valence-electron chi connectivity index (χ2n) is 6.99. The van der Waals surface area contributed by atoms with E-state index in [-0.39, 0.29) is 11.4 Å². The molecule has 0 heterocycles. The van der Waals surface area contributed by atoms with Gasteiger partial charge in [-0.15, -0.1) is 0 Å². The summed E-state index contributed by atoms with van der Waals surface area (Å²) >= 11 is 0. The Balaban J connectivity index is 1.96. The molecule has 0 atom stereocenters. The van der Waals surface area contributed by atoms with Crippen molar-refractivity contribution in [2.45, 2.75) is 13.8 Å². The molecule has 0 aliphatic heterocycles. The highest BCUT2D eigenvalue weighted by Gasteiger charge is 2.18. The van der Waals surface area contributed by atoms with Crippen molar-refractivity contribution in [2.24, 2.45) is 0 Å². The number of carbonyl (C=O) groups is 5. The van der Waals surface area contributed by atoms with Crippen molar-refractivity contribution in [2.75, 3.05) is 13.2 Å². The first kappa shape index (κ1) is 25.7. The summed E-state index contributed by atoms with van der Waals surface area (Å²) in [5.74, 6) is -3.54. The molecule has 176 valence electrons. The number of benzene rings is 2. The quantitative estimate of drug-likeness (QED) is 0.407. The standard InChI is InChI=1S/C25H24N2O7/c1-17(28)26-22(13-19-9-5-3-6-10-19)24(31)33-15-21(30)16-34-25(32)23(27-18(2)29)14-20-11-7-4-8-12-20/h3-14H,15-16H2,1-2H3,(H,26,28)(H,27,29)/b22-13-,23-14-. The first-order valence-electron chi connectivity index (χ1n) is 10.2. The third-order valence-corrected chi connectivity index (χ3v) is 4.01. The number of esters is 2. The minimum Gasteiger partial charge on any atom is -0.453 e. The molecule has 0 aliphatic carbocycles. The summed E-state index contributed by atoms with van der Waals surface area (Å²) < 4.78 is 9.89. The van der Waals surface area contributed by atoms with Gasteiger partial charge in [-0.1, -0.05) is 60.7 Å². The highest BCUT2D eigenvalue weighted by Crippen LogP contribution is 2.08. The lowest BCUT2D eigenvalue weighted by molar-refractivity contribution is -0.150. The van der Waals surface area contributed by atoms with Gasteiger partial charge in [-0.25, -0.2) is 9.59 Å². The van der Waals surface area contributed by atoms with Gasteiger partial charge in [0.1, 0.15) is 11.4 Å². The lowest BCUT2D eigenvalue weighted by atomic mass is 10.2. The number of Topliss-reactive ketones (excluding diaryl/α,β-unsaturated/α-hetero) is 1. The molecule has 0 aromatic heterocycles. The fourth-order valence-corrected chi connectivity index (χ4v) is 2.59. The van der Waals surface area contributed by atoms with Crippen molar-refractivity contribution in [1.29, 1.82) is 0 Å². The van der Waals surface area contributed by atoms with Gasteiger partial charge in [-0.2, -0.15) is 0 Å². The zero-order valence-electron chi connectivity index (χ0n) is 18.7. The summed E-state index contributed by atoms with van der Waals surface area (Å²) in [5.41, 5.74) is 0.975. The Bertz CT molecular complexity index is 1020. The van der Waals surface area contributed by atoms with Gasteiger partial charge in [0, 0.05) is 13.8 Å². The molecule has 0 aliphatic rings. The Morgan fingerprint density at radius 3 is 1.32 bits per heavy atom. The first-order chi connectivity index (χ1) is 16.2. The molecule has 0 spiro atoms. The molecule has 0 bridgehead atoms. The van der Waals surface area contributed by atoms with Crippen LogP contribution in [0, 0.1) is 0 Å². The van der Waals surface area contributed by atoms with E-state index in [9.17, 15) is 24.0 Å². The number of ketones is 1. The van der Waals surface area contributed by atoms with Crippen LogP contribution in [0.3, 0.4) is 0 Å². The Kier molecular flexibility index (Phi) is 9.93. The van der Waals surface area contributed by atoms with E-state index < -0.39 is 42.7 Å². The van der Waals surface area contributed by atoms with Crippen LogP contribution in [0.2, 0.25) is 0 Å². The molecule has 2 N–H and O–H groups in total. The average molecular weight is 464 g/mol. The maximum Gasteiger partial charge on any atom is 0.355 e. The molecule has 0 saturated heterocycles. The normalized spacial score (nSPS) is 11.2. The van der Waals surface area contributed by atoms with Crippen LogP contribution in [0.4, 0.5) is 0 Å². The second-order valence-corrected chi connectivity index (χ2v) is 6.99. The van der Waals surface area contributed by atoms with Gasteiger partial charge in [0.2, 0.25) is 17.6 Å². The minimum atomic E-state index is -0.929. The third-order valence-electron chi connectivity index (χ3n) is 4.01. The lowest BCUT2D eigenvalue weighted by Gasteiger charge is -2.10. The summed E-state index contributed by atoms with van der Waals surface area (Å²) in [5, 5.41) is 4.72. The number of nitrogens with one attached hydrogen (secondary N) is 2. The fourth-order valence-electron chi connectivity index (χ4n) is 2.59. The van der Waals surface area contributed by atoms with Gasteiger partial charge < -0.3 is 20.1 Å². The van der Waals surface area contributed by atoms with Gasteiger partial charge >= 0.3 is 11.9 Å². The Labute approximate surface area is 196 Å². The number of rotatable bonds is 10. The van der Waals surface area contributed by atoms with Crippen molar-refractivity contribution < 1.29 is 33.4 Å². The largest absolute Gasteiger partial charge is 0.453 e. The van der Waals surface area contributed by atoms with E-state index >= 15 is 0 Å². The smallest absolute Gasteiger partial charge is 0.355 e. The topological polar surface area (TPSA) is 128 Å². The molecule has 2 rings (SSSR count). The summed E-state index contributed by atoms with van der Waals surface area (Å²) in [7, 11) is 0. The zero-order chi connectivity index (χ0) is 24.9. The third kappa shape index (κ3) is 9.31. The van der Waals surface area contributed by atoms with Crippen LogP contribution in [-0.4, -0.2) is 42.7 Å². The van der Waals surface area contributed by atoms with Crippen LogP contribution in [-0.2, 0) is 33.4 Å². The maximum atomic E-state index is 12.3. The number of ether oxygens (including phenoxy) is 2. The second kappa shape index (κ2) is 13.1. The summed E-state index contributed by atoms with van der Waals surface area (Å²) in [6, 6.07) is 17.5. The van der Waals surface area contributed by atoms with Gasteiger partial charge in [-0.3, -0.25) is 14.4 Å². The molecule has 9 nitrogen and oxygen atoms in total. The number of hydrogen-bond acceptors (Lipinski definition) is 7. The molecule has 9 heteroatoms. The molecule has 2 amide bonds. The van der Waals surface area contributed by atoms with Crippen LogP contribution in [0.5, 0.6) is 0 Å². The van der Waals surface area contributed by atoms with Crippen LogP contribution in [0.1, 0.15) is 25.0 Å². The van der Waals surface area contributed by atoms with Crippen LogP contribution in [0.25, 0.3) is 12.2 Å². The molecule has 0 radical (unpaired) electrons. The Morgan fingerprint density at radius 1 is 0.647 bits per heavy atom. The van der Waals surface area contributed by atoms with Gasteiger partial charge in [0.15, 0.2) is 13.2 Å². The molecule has 0 fully saturated rings. The number of hydrogen-bond donors (Lipinski definition) is 2. The summed E-state index contributed by atoms with van der Waals surface area (Å²) in [6.07, 6.45) is 2.81. The van der Waals surface area contributed by atoms with Crippen molar-refractivity contribution in [1.82, 2.24) is 10.6 Å².